The highest BCUT2D eigenvalue weighted by molar-refractivity contribution is 7.67. The molecule has 1 heteroatoms. The van der Waals surface area contributed by atoms with Crippen LogP contribution in [0, 0.1) is 0 Å². The normalized spacial score (nSPS) is 27.8. The fourth-order valence-corrected chi connectivity index (χ4v) is 7.39. The molecule has 0 N–H and O–H groups in total. The Morgan fingerprint density at radius 2 is 1.16 bits per heavy atom. The highest BCUT2D eigenvalue weighted by Crippen LogP contribution is 2.76. The van der Waals surface area contributed by atoms with E-state index in [1.54, 1.807) is 27.6 Å². The summed E-state index contributed by atoms with van der Waals surface area (Å²) >= 11 is 0. The number of hydrogen-bond acceptors (Lipinski definition) is 0. The smallest absolute Gasteiger partial charge is 0.0302 e. The lowest BCUT2D eigenvalue weighted by atomic mass is 9.88. The maximum Gasteiger partial charge on any atom is 0.0302 e. The molecular weight excluding hydrogens is 247 g/mol. The minimum Gasteiger partial charge on any atom is -0.0622 e. The van der Waals surface area contributed by atoms with E-state index in [0.717, 1.165) is 0 Å². The van der Waals surface area contributed by atoms with Gasteiger partial charge in [-0.15, -0.1) is 0 Å². The third-order valence-corrected chi connectivity index (χ3v) is 7.98. The number of hydrogen-bond donors (Lipinski definition) is 0. The van der Waals surface area contributed by atoms with Crippen molar-refractivity contribution in [3.63, 3.8) is 0 Å². The molecule has 94 valence electrons. The number of fused-ring (bicyclic) bond motifs is 5. The van der Waals surface area contributed by atoms with Gasteiger partial charge in [-0.1, -0.05) is 73.7 Å². The molecule has 2 aromatic rings. The van der Waals surface area contributed by atoms with E-state index in [-0.39, 0.29) is 7.92 Å². The van der Waals surface area contributed by atoms with Crippen molar-refractivity contribution in [2.75, 3.05) is 0 Å². The van der Waals surface area contributed by atoms with Gasteiger partial charge in [-0.05, 0) is 30.3 Å². The molecule has 2 bridgehead atoms. The monoisotopic (exact) mass is 264 g/mol. The van der Waals surface area contributed by atoms with Crippen molar-refractivity contribution in [2.24, 2.45) is 0 Å². The summed E-state index contributed by atoms with van der Waals surface area (Å²) in [5.74, 6) is 0. The molecule has 0 saturated carbocycles. The standard InChI is InChI=1S/C18H17P/c1-12-13(2)18-16-11-7-6-10-15(16)17(12)19(18)14-8-4-3-5-9-14/h3-11,17-18H,1-2H3. The molecule has 0 spiro atoms. The van der Waals surface area contributed by atoms with Crippen molar-refractivity contribution >= 4 is 13.2 Å². The molecule has 2 heterocycles. The molecule has 2 atom stereocenters. The minimum absolute atomic E-state index is 0.131. The first-order chi connectivity index (χ1) is 9.29. The molecule has 0 nitrogen and oxygen atoms in total. The molecule has 2 aliphatic heterocycles. The molecule has 2 unspecified atom stereocenters. The molecule has 0 amide bonds. The first-order valence-electron chi connectivity index (χ1n) is 6.88. The molecule has 2 aromatic carbocycles. The van der Waals surface area contributed by atoms with Crippen LogP contribution in [-0.4, -0.2) is 0 Å². The summed E-state index contributed by atoms with van der Waals surface area (Å²) < 4.78 is 0. The average Bonchev–Trinajstić information content (AvgIpc) is 2.93. The van der Waals surface area contributed by atoms with Crippen LogP contribution in [0.25, 0.3) is 0 Å². The van der Waals surface area contributed by atoms with Gasteiger partial charge in [-0.25, -0.2) is 0 Å². The van der Waals surface area contributed by atoms with Gasteiger partial charge in [0.25, 0.3) is 0 Å². The zero-order chi connectivity index (χ0) is 13.0. The lowest BCUT2D eigenvalue weighted by molar-refractivity contribution is 0.987. The molecule has 0 saturated heterocycles. The Bertz CT molecular complexity index is 630. The van der Waals surface area contributed by atoms with Crippen molar-refractivity contribution < 1.29 is 0 Å². The van der Waals surface area contributed by atoms with Crippen molar-refractivity contribution in [1.29, 1.82) is 0 Å². The Labute approximate surface area is 115 Å². The average molecular weight is 264 g/mol. The summed E-state index contributed by atoms with van der Waals surface area (Å²) in [6, 6.07) is 20.2. The van der Waals surface area contributed by atoms with Gasteiger partial charge in [0.1, 0.15) is 0 Å². The van der Waals surface area contributed by atoms with Crippen LogP contribution in [0.1, 0.15) is 36.3 Å². The van der Waals surface area contributed by atoms with Gasteiger partial charge in [-0.3, -0.25) is 0 Å². The van der Waals surface area contributed by atoms with Gasteiger partial charge in [0.2, 0.25) is 0 Å². The predicted molar refractivity (Wildman–Crippen MR) is 83.3 cm³/mol. The highest BCUT2D eigenvalue weighted by atomic mass is 31.1. The van der Waals surface area contributed by atoms with Gasteiger partial charge in [0.15, 0.2) is 0 Å². The largest absolute Gasteiger partial charge is 0.0622 e. The molecule has 4 rings (SSSR count). The lowest BCUT2D eigenvalue weighted by Gasteiger charge is -2.19. The molecule has 0 radical (unpaired) electrons. The molecular formula is C18H17P. The fourth-order valence-electron chi connectivity index (χ4n) is 3.67. The Morgan fingerprint density at radius 3 is 1.68 bits per heavy atom. The van der Waals surface area contributed by atoms with Crippen LogP contribution >= 0.6 is 7.92 Å². The van der Waals surface area contributed by atoms with Gasteiger partial charge < -0.3 is 0 Å². The van der Waals surface area contributed by atoms with E-state index in [9.17, 15) is 0 Å². The van der Waals surface area contributed by atoms with E-state index in [1.807, 2.05) is 0 Å². The first-order valence-corrected chi connectivity index (χ1v) is 8.36. The van der Waals surface area contributed by atoms with Gasteiger partial charge in [0.05, 0.1) is 0 Å². The Hall–Kier alpha value is -1.39. The zero-order valence-electron chi connectivity index (χ0n) is 11.3. The van der Waals surface area contributed by atoms with E-state index in [0.29, 0.717) is 11.3 Å². The van der Waals surface area contributed by atoms with Gasteiger partial charge in [0, 0.05) is 11.3 Å². The van der Waals surface area contributed by atoms with Crippen LogP contribution in [0.15, 0.2) is 65.7 Å². The minimum atomic E-state index is -0.131. The van der Waals surface area contributed by atoms with Crippen molar-refractivity contribution in [3.05, 3.63) is 76.9 Å². The third kappa shape index (κ3) is 1.44. The van der Waals surface area contributed by atoms with E-state index in [2.05, 4.69) is 68.4 Å². The Kier molecular flexibility index (Phi) is 2.44. The molecule has 19 heavy (non-hydrogen) atoms. The summed E-state index contributed by atoms with van der Waals surface area (Å²) in [4.78, 5) is 0. The van der Waals surface area contributed by atoms with E-state index in [1.165, 1.54) is 0 Å². The van der Waals surface area contributed by atoms with E-state index >= 15 is 0 Å². The first kappa shape index (κ1) is 11.4. The number of allylic oxidation sites excluding steroid dienone is 2. The zero-order valence-corrected chi connectivity index (χ0v) is 12.2. The number of benzene rings is 2. The van der Waals surface area contributed by atoms with Crippen LogP contribution in [0.4, 0.5) is 0 Å². The van der Waals surface area contributed by atoms with Crippen LogP contribution in [0.3, 0.4) is 0 Å². The summed E-state index contributed by atoms with van der Waals surface area (Å²) in [6.07, 6.45) is 0. The summed E-state index contributed by atoms with van der Waals surface area (Å²) in [7, 11) is -0.131. The van der Waals surface area contributed by atoms with Crippen molar-refractivity contribution in [3.8, 4) is 0 Å². The van der Waals surface area contributed by atoms with Crippen molar-refractivity contribution in [2.45, 2.75) is 25.2 Å². The highest BCUT2D eigenvalue weighted by Gasteiger charge is 2.48. The molecule has 0 aliphatic carbocycles. The van der Waals surface area contributed by atoms with Crippen LogP contribution < -0.4 is 5.30 Å². The van der Waals surface area contributed by atoms with Gasteiger partial charge >= 0.3 is 0 Å². The van der Waals surface area contributed by atoms with E-state index < -0.39 is 0 Å². The fraction of sp³-hybridized carbons (Fsp3) is 0.222. The second kappa shape index (κ2) is 4.05. The summed E-state index contributed by atoms with van der Waals surface area (Å²) in [5.41, 5.74) is 7.76. The SMILES string of the molecule is CC1=C(C)C2c3ccccc3C1P2c1ccccc1. The predicted octanol–water partition coefficient (Wildman–Crippen LogP) is 4.94. The van der Waals surface area contributed by atoms with Crippen LogP contribution in [0.2, 0.25) is 0 Å². The third-order valence-electron chi connectivity index (χ3n) is 4.64. The van der Waals surface area contributed by atoms with Crippen molar-refractivity contribution in [1.82, 2.24) is 0 Å². The topological polar surface area (TPSA) is 0 Å². The summed E-state index contributed by atoms with van der Waals surface area (Å²) in [5, 5.41) is 1.56. The summed E-state index contributed by atoms with van der Waals surface area (Å²) in [6.45, 7) is 4.68. The molecule has 0 aromatic heterocycles. The quantitative estimate of drug-likeness (QED) is 0.505. The molecule has 0 fully saturated rings. The Morgan fingerprint density at radius 1 is 0.684 bits per heavy atom. The molecule has 2 aliphatic rings. The van der Waals surface area contributed by atoms with Gasteiger partial charge in [-0.2, -0.15) is 0 Å². The second-order valence-corrected chi connectivity index (χ2v) is 7.91. The maximum atomic E-state index is 2.34. The second-order valence-electron chi connectivity index (χ2n) is 5.54. The maximum absolute atomic E-state index is 2.34. The van der Waals surface area contributed by atoms with Crippen LogP contribution in [0.5, 0.6) is 0 Å². The van der Waals surface area contributed by atoms with E-state index in [4.69, 9.17) is 0 Å². The van der Waals surface area contributed by atoms with Crippen LogP contribution in [-0.2, 0) is 0 Å². The Balaban J connectivity index is 1.91. The lowest BCUT2D eigenvalue weighted by Crippen LogP contribution is -2.02. The number of rotatable bonds is 1.